The highest BCUT2D eigenvalue weighted by Crippen LogP contribution is 2.27. The van der Waals surface area contributed by atoms with E-state index < -0.39 is 11.7 Å². The van der Waals surface area contributed by atoms with Crippen molar-refractivity contribution in [2.45, 2.75) is 18.9 Å². The van der Waals surface area contributed by atoms with Crippen molar-refractivity contribution in [2.24, 2.45) is 0 Å². The molecule has 0 unspecified atom stereocenters. The van der Waals surface area contributed by atoms with Crippen molar-refractivity contribution in [3.8, 4) is 0 Å². The monoisotopic (exact) mass is 337 g/mol. The number of anilines is 1. The average molecular weight is 337 g/mol. The fourth-order valence-electron chi connectivity index (χ4n) is 2.74. The molecule has 0 bridgehead atoms. The highest BCUT2D eigenvalue weighted by atomic mass is 19.1. The number of benzene rings is 2. The number of carbonyl (C=O) groups is 1. The summed E-state index contributed by atoms with van der Waals surface area (Å²) in [5.41, 5.74) is 6.15. The molecule has 0 saturated heterocycles. The van der Waals surface area contributed by atoms with Crippen molar-refractivity contribution >= 4 is 28.3 Å². The van der Waals surface area contributed by atoms with Gasteiger partial charge < -0.3 is 15.5 Å². The normalized spacial score (nSPS) is 13.8. The molecule has 1 saturated carbocycles. The SMILES string of the molecule is N=C(c1cc2ccccc2o1)c1c(N)ccc(C(=O)NC2CC2)c1F. The molecule has 0 radical (unpaired) electrons. The third kappa shape index (κ3) is 2.76. The number of nitrogens with one attached hydrogen (secondary N) is 2. The van der Waals surface area contributed by atoms with Gasteiger partial charge >= 0.3 is 0 Å². The zero-order valence-electron chi connectivity index (χ0n) is 13.3. The number of nitrogens with two attached hydrogens (primary N) is 1. The van der Waals surface area contributed by atoms with Crippen LogP contribution in [0, 0.1) is 11.2 Å². The maximum atomic E-state index is 14.9. The molecular formula is C19H16FN3O2. The molecule has 4 rings (SSSR count). The van der Waals surface area contributed by atoms with Crippen LogP contribution in [-0.4, -0.2) is 17.7 Å². The van der Waals surface area contributed by atoms with E-state index in [4.69, 9.17) is 15.6 Å². The van der Waals surface area contributed by atoms with Gasteiger partial charge in [0.15, 0.2) is 5.76 Å². The van der Waals surface area contributed by atoms with E-state index in [1.54, 1.807) is 12.1 Å². The van der Waals surface area contributed by atoms with E-state index in [1.807, 2.05) is 18.2 Å². The number of rotatable bonds is 4. The Labute approximate surface area is 143 Å². The van der Waals surface area contributed by atoms with Crippen LogP contribution in [0.1, 0.15) is 34.5 Å². The second-order valence-electron chi connectivity index (χ2n) is 6.16. The molecule has 5 nitrogen and oxygen atoms in total. The third-order valence-corrected chi connectivity index (χ3v) is 4.25. The lowest BCUT2D eigenvalue weighted by atomic mass is 10.0. The quantitative estimate of drug-likeness (QED) is 0.503. The second kappa shape index (κ2) is 5.73. The fraction of sp³-hybridized carbons (Fsp3) is 0.158. The molecule has 1 aromatic heterocycles. The second-order valence-corrected chi connectivity index (χ2v) is 6.16. The van der Waals surface area contributed by atoms with E-state index in [2.05, 4.69) is 5.32 Å². The summed E-state index contributed by atoms with van der Waals surface area (Å²) in [4.78, 5) is 12.2. The smallest absolute Gasteiger partial charge is 0.254 e. The molecule has 1 amide bonds. The molecule has 1 fully saturated rings. The van der Waals surface area contributed by atoms with E-state index in [-0.39, 0.29) is 34.3 Å². The minimum Gasteiger partial charge on any atom is -0.454 e. The highest BCUT2D eigenvalue weighted by Gasteiger charge is 2.27. The molecule has 4 N–H and O–H groups in total. The summed E-state index contributed by atoms with van der Waals surface area (Å²) >= 11 is 0. The molecule has 2 aromatic carbocycles. The van der Waals surface area contributed by atoms with Gasteiger partial charge in [-0.1, -0.05) is 18.2 Å². The topological polar surface area (TPSA) is 92.1 Å². The molecule has 0 spiro atoms. The van der Waals surface area contributed by atoms with Crippen LogP contribution in [0.4, 0.5) is 10.1 Å². The van der Waals surface area contributed by atoms with Gasteiger partial charge in [-0.3, -0.25) is 10.2 Å². The van der Waals surface area contributed by atoms with Crippen LogP contribution < -0.4 is 11.1 Å². The number of fused-ring (bicyclic) bond motifs is 1. The van der Waals surface area contributed by atoms with E-state index >= 15 is 0 Å². The summed E-state index contributed by atoms with van der Waals surface area (Å²) in [6, 6.07) is 11.8. The van der Waals surface area contributed by atoms with Crippen molar-refractivity contribution < 1.29 is 13.6 Å². The average Bonchev–Trinajstić information content (AvgIpc) is 3.29. The van der Waals surface area contributed by atoms with Gasteiger partial charge in [-0.05, 0) is 37.1 Å². The number of para-hydroxylation sites is 1. The number of furan rings is 1. The lowest BCUT2D eigenvalue weighted by Crippen LogP contribution is -2.27. The maximum Gasteiger partial charge on any atom is 0.254 e. The minimum absolute atomic E-state index is 0.0888. The largest absolute Gasteiger partial charge is 0.454 e. The first-order valence-electron chi connectivity index (χ1n) is 8.01. The number of amides is 1. The first-order chi connectivity index (χ1) is 12.0. The Morgan fingerprint density at radius 3 is 2.72 bits per heavy atom. The molecule has 0 aliphatic heterocycles. The number of hydrogen-bond acceptors (Lipinski definition) is 4. The van der Waals surface area contributed by atoms with Crippen molar-refractivity contribution in [3.05, 3.63) is 65.2 Å². The van der Waals surface area contributed by atoms with Crippen molar-refractivity contribution in [2.75, 3.05) is 5.73 Å². The number of hydrogen-bond donors (Lipinski definition) is 3. The predicted octanol–water partition coefficient (Wildman–Crippen LogP) is 3.46. The lowest BCUT2D eigenvalue weighted by Gasteiger charge is -2.11. The van der Waals surface area contributed by atoms with E-state index in [0.29, 0.717) is 5.58 Å². The van der Waals surface area contributed by atoms with Gasteiger partial charge in [0.2, 0.25) is 0 Å². The van der Waals surface area contributed by atoms with Crippen molar-refractivity contribution in [1.82, 2.24) is 5.32 Å². The molecular weight excluding hydrogens is 321 g/mol. The van der Waals surface area contributed by atoms with Gasteiger partial charge in [-0.2, -0.15) is 0 Å². The number of halogens is 1. The molecule has 25 heavy (non-hydrogen) atoms. The Bertz CT molecular complexity index is 972. The van der Waals surface area contributed by atoms with E-state index in [9.17, 15) is 9.18 Å². The lowest BCUT2D eigenvalue weighted by molar-refractivity contribution is 0.0947. The van der Waals surface area contributed by atoms with Gasteiger partial charge in [0.05, 0.1) is 11.1 Å². The Morgan fingerprint density at radius 1 is 1.24 bits per heavy atom. The highest BCUT2D eigenvalue weighted by molar-refractivity contribution is 6.15. The summed E-state index contributed by atoms with van der Waals surface area (Å²) in [7, 11) is 0. The van der Waals surface area contributed by atoms with Crippen molar-refractivity contribution in [3.63, 3.8) is 0 Å². The van der Waals surface area contributed by atoms with Crippen LogP contribution in [0.2, 0.25) is 0 Å². The van der Waals surface area contributed by atoms with Gasteiger partial charge in [-0.15, -0.1) is 0 Å². The van der Waals surface area contributed by atoms with Crippen LogP contribution in [-0.2, 0) is 0 Å². The molecule has 1 aliphatic rings. The first-order valence-corrected chi connectivity index (χ1v) is 8.01. The third-order valence-electron chi connectivity index (χ3n) is 4.25. The first kappa shape index (κ1) is 15.4. The Morgan fingerprint density at radius 2 is 2.00 bits per heavy atom. The van der Waals surface area contributed by atoms with Gasteiger partial charge in [-0.25, -0.2) is 4.39 Å². The summed E-state index contributed by atoms with van der Waals surface area (Å²) in [5.74, 6) is -1.09. The zero-order chi connectivity index (χ0) is 17.6. The summed E-state index contributed by atoms with van der Waals surface area (Å²) in [6.07, 6.45) is 1.81. The Hall–Kier alpha value is -3.15. The summed E-state index contributed by atoms with van der Waals surface area (Å²) in [5, 5.41) is 11.9. The van der Waals surface area contributed by atoms with E-state index in [1.165, 1.54) is 12.1 Å². The Kier molecular flexibility index (Phi) is 3.53. The standard InChI is InChI=1S/C19H16FN3O2/c20-17-12(19(24)23-11-5-6-11)7-8-13(21)16(17)18(22)15-9-10-3-1-2-4-14(10)25-15/h1-4,7-9,11,22H,5-6,21H2,(H,23,24). The molecule has 0 atom stereocenters. The molecule has 126 valence electrons. The van der Waals surface area contributed by atoms with Crippen molar-refractivity contribution in [1.29, 1.82) is 5.41 Å². The Balaban J connectivity index is 1.75. The summed E-state index contributed by atoms with van der Waals surface area (Å²) in [6.45, 7) is 0. The maximum absolute atomic E-state index is 14.9. The predicted molar refractivity (Wildman–Crippen MR) is 93.4 cm³/mol. The summed E-state index contributed by atoms with van der Waals surface area (Å²) < 4.78 is 20.5. The van der Waals surface area contributed by atoms with Gasteiger partial charge in [0, 0.05) is 17.1 Å². The van der Waals surface area contributed by atoms with E-state index in [0.717, 1.165) is 18.2 Å². The van der Waals surface area contributed by atoms with Crippen LogP contribution in [0.15, 0.2) is 46.9 Å². The molecule has 1 heterocycles. The zero-order valence-corrected chi connectivity index (χ0v) is 13.3. The van der Waals surface area contributed by atoms with Gasteiger partial charge in [0.25, 0.3) is 5.91 Å². The van der Waals surface area contributed by atoms with Crippen LogP contribution >= 0.6 is 0 Å². The number of nitrogen functional groups attached to an aromatic ring is 1. The van der Waals surface area contributed by atoms with Crippen LogP contribution in [0.3, 0.4) is 0 Å². The van der Waals surface area contributed by atoms with Crippen LogP contribution in [0.25, 0.3) is 11.0 Å². The number of carbonyl (C=O) groups excluding carboxylic acids is 1. The molecule has 1 aliphatic carbocycles. The molecule has 6 heteroatoms. The fourth-order valence-corrected chi connectivity index (χ4v) is 2.74. The minimum atomic E-state index is -0.802. The van der Waals surface area contributed by atoms with Crippen LogP contribution in [0.5, 0.6) is 0 Å². The van der Waals surface area contributed by atoms with Gasteiger partial charge in [0.1, 0.15) is 17.1 Å². The molecule has 3 aromatic rings.